The number of H-pyrrole nitrogens is 1. The predicted octanol–water partition coefficient (Wildman–Crippen LogP) is 5.02. The number of aromatic nitrogens is 2. The Morgan fingerprint density at radius 3 is 2.00 bits per heavy atom. The first-order valence-corrected chi connectivity index (χ1v) is 10.9. The zero-order chi connectivity index (χ0) is 23.1. The van der Waals surface area contributed by atoms with Crippen molar-refractivity contribution >= 4 is 43.0 Å². The molecule has 164 valence electrons. The number of benzene rings is 3. The topological polar surface area (TPSA) is 76.9 Å². The fraction of sp³-hybridized carbons (Fsp3) is 0.0870. The molecule has 0 bridgehead atoms. The number of hydrogen-bond donors (Lipinski definition) is 1. The molecule has 1 N–H and O–H groups in total. The van der Waals surface area contributed by atoms with Crippen molar-refractivity contribution in [3.8, 4) is 11.1 Å². The first-order valence-electron chi connectivity index (χ1n) is 9.48. The zero-order valence-corrected chi connectivity index (χ0v) is 17.5. The number of nitrogens with one attached hydrogen (secondary N) is 1. The smallest absolute Gasteiger partial charge is 0.485 e. The molecule has 5 aromatic rings. The molecule has 0 fully saturated rings. The van der Waals surface area contributed by atoms with Gasteiger partial charge in [0, 0.05) is 11.6 Å². The van der Waals surface area contributed by atoms with Crippen molar-refractivity contribution in [2.45, 2.75) is 5.51 Å². The molecule has 0 radical (unpaired) electrons. The van der Waals surface area contributed by atoms with Crippen molar-refractivity contribution in [3.05, 3.63) is 78.9 Å². The van der Waals surface area contributed by atoms with Gasteiger partial charge < -0.3 is 9.54 Å². The number of nitrogens with zero attached hydrogens (tertiary/aromatic N) is 1. The van der Waals surface area contributed by atoms with Crippen LogP contribution in [0.3, 0.4) is 0 Å². The zero-order valence-electron chi connectivity index (χ0n) is 16.7. The minimum absolute atomic E-state index is 1.18. The van der Waals surface area contributed by atoms with Crippen LogP contribution in [0, 0.1) is 0 Å². The van der Waals surface area contributed by atoms with Crippen LogP contribution < -0.4 is 4.57 Å². The lowest BCUT2D eigenvalue weighted by atomic mass is 9.99. The van der Waals surface area contributed by atoms with Gasteiger partial charge in [-0.25, -0.2) is 8.42 Å². The Balaban J connectivity index is 0.000000265. The fourth-order valence-corrected chi connectivity index (χ4v) is 3.79. The van der Waals surface area contributed by atoms with Gasteiger partial charge >= 0.3 is 5.51 Å². The number of rotatable bonds is 1. The van der Waals surface area contributed by atoms with Gasteiger partial charge in [-0.15, -0.1) is 0 Å². The van der Waals surface area contributed by atoms with Crippen LogP contribution in [-0.4, -0.2) is 23.5 Å². The summed E-state index contributed by atoms with van der Waals surface area (Å²) in [6.07, 6.45) is 0. The van der Waals surface area contributed by atoms with E-state index in [1.165, 1.54) is 44.0 Å². The number of aromatic amines is 1. The average molecular weight is 458 g/mol. The Bertz CT molecular complexity index is 1540. The molecule has 0 unspecified atom stereocenters. The lowest BCUT2D eigenvalue weighted by Crippen LogP contribution is -2.30. The second-order valence-electron chi connectivity index (χ2n) is 7.11. The molecule has 32 heavy (non-hydrogen) atoms. The van der Waals surface area contributed by atoms with Crippen LogP contribution in [0.25, 0.3) is 44.0 Å². The van der Waals surface area contributed by atoms with Crippen molar-refractivity contribution in [2.75, 3.05) is 0 Å². The molecule has 0 saturated carbocycles. The van der Waals surface area contributed by atoms with E-state index in [1.807, 2.05) is 0 Å². The van der Waals surface area contributed by atoms with Crippen LogP contribution in [0.2, 0.25) is 0 Å². The maximum absolute atomic E-state index is 10.7. The molecule has 3 aromatic carbocycles. The Labute approximate surface area is 181 Å². The molecule has 0 aliphatic carbocycles. The Morgan fingerprint density at radius 2 is 1.38 bits per heavy atom. The Morgan fingerprint density at radius 1 is 0.844 bits per heavy atom. The van der Waals surface area contributed by atoms with Crippen molar-refractivity contribution in [1.82, 2.24) is 4.98 Å². The van der Waals surface area contributed by atoms with Crippen molar-refractivity contribution < 1.29 is 30.7 Å². The van der Waals surface area contributed by atoms with Gasteiger partial charge in [-0.2, -0.15) is 17.7 Å². The van der Waals surface area contributed by atoms with Gasteiger partial charge in [0.15, 0.2) is 10.1 Å². The lowest BCUT2D eigenvalue weighted by Gasteiger charge is -2.08. The van der Waals surface area contributed by atoms with Gasteiger partial charge in [-0.3, -0.25) is 0 Å². The van der Waals surface area contributed by atoms with Gasteiger partial charge in [0.05, 0.1) is 16.3 Å². The highest BCUT2D eigenvalue weighted by Crippen LogP contribution is 2.36. The van der Waals surface area contributed by atoms with E-state index < -0.39 is 15.6 Å². The first kappa shape index (κ1) is 21.8. The summed E-state index contributed by atoms with van der Waals surface area (Å²) in [5, 5.41) is 2.53. The van der Waals surface area contributed by atoms with E-state index in [1.54, 1.807) is 0 Å². The third kappa shape index (κ3) is 3.80. The molecule has 0 aliphatic rings. The van der Waals surface area contributed by atoms with Gasteiger partial charge in [-0.1, -0.05) is 54.6 Å². The Hall–Kier alpha value is -3.43. The van der Waals surface area contributed by atoms with Gasteiger partial charge in [0.2, 0.25) is 11.0 Å². The van der Waals surface area contributed by atoms with E-state index in [4.69, 9.17) is 13.0 Å². The first-order chi connectivity index (χ1) is 15.1. The standard InChI is InChI=1S/C22H16N2.CHF3O3S/c1-24-19-14-8-6-12-17(19)20(15-9-3-2-4-10-15)21-22(24)16-11-5-7-13-18(16)23-21;2-1(3,4)8(5,6)7/h2-14H,1H3;(H,5,6,7). The SMILES string of the molecule is C[n+]1c2ccccc2c(-c2ccccc2)c2[nH]c3ccccc3c21.O=S(=O)([O-])C(F)(F)F. The summed E-state index contributed by atoms with van der Waals surface area (Å²) in [5.74, 6) is 0. The second-order valence-corrected chi connectivity index (χ2v) is 8.48. The number of fused-ring (bicyclic) bond motifs is 4. The van der Waals surface area contributed by atoms with Crippen LogP contribution >= 0.6 is 0 Å². The molecule has 0 saturated heterocycles. The highest BCUT2D eigenvalue weighted by molar-refractivity contribution is 7.86. The molecular formula is C23H17F3N2O3S. The van der Waals surface area contributed by atoms with Crippen LogP contribution in [0.4, 0.5) is 13.2 Å². The number of pyridine rings is 1. The van der Waals surface area contributed by atoms with E-state index in [2.05, 4.69) is 95.5 Å². The number of alkyl halides is 3. The fourth-order valence-electron chi connectivity index (χ4n) is 3.79. The molecule has 5 nitrogen and oxygen atoms in total. The van der Waals surface area contributed by atoms with E-state index in [0.717, 1.165) is 0 Å². The largest absolute Gasteiger partial charge is 0.741 e. The van der Waals surface area contributed by atoms with Gasteiger partial charge in [-0.05, 0) is 23.8 Å². The molecule has 5 rings (SSSR count). The molecule has 9 heteroatoms. The number of aryl methyl sites for hydroxylation is 1. The normalized spacial score (nSPS) is 12.2. The van der Waals surface area contributed by atoms with Gasteiger partial charge in [0.25, 0.3) is 0 Å². The van der Waals surface area contributed by atoms with Crippen LogP contribution in [0.1, 0.15) is 0 Å². The van der Waals surface area contributed by atoms with Crippen LogP contribution in [0.15, 0.2) is 78.9 Å². The predicted molar refractivity (Wildman–Crippen MR) is 116 cm³/mol. The molecule has 0 atom stereocenters. The van der Waals surface area contributed by atoms with E-state index >= 15 is 0 Å². The number of halogens is 3. The highest BCUT2D eigenvalue weighted by Gasteiger charge is 2.36. The number of para-hydroxylation sites is 2. The summed E-state index contributed by atoms with van der Waals surface area (Å²) in [7, 11) is -3.94. The third-order valence-electron chi connectivity index (χ3n) is 5.14. The molecule has 0 amide bonds. The summed E-state index contributed by atoms with van der Waals surface area (Å²) in [4.78, 5) is 3.66. The summed E-state index contributed by atoms with van der Waals surface area (Å²) < 4.78 is 61.2. The number of hydrogen-bond acceptors (Lipinski definition) is 3. The monoisotopic (exact) mass is 458 g/mol. The lowest BCUT2D eigenvalue weighted by molar-refractivity contribution is -0.616. The van der Waals surface area contributed by atoms with Crippen LogP contribution in [-0.2, 0) is 17.2 Å². The van der Waals surface area contributed by atoms with E-state index in [-0.39, 0.29) is 0 Å². The second kappa shape index (κ2) is 7.92. The third-order valence-corrected chi connectivity index (χ3v) is 5.71. The minimum atomic E-state index is -6.09. The minimum Gasteiger partial charge on any atom is -0.741 e. The summed E-state index contributed by atoms with van der Waals surface area (Å²) in [5.41, 5.74) is 1.74. The molecule has 0 spiro atoms. The van der Waals surface area contributed by atoms with Crippen molar-refractivity contribution in [2.24, 2.45) is 7.05 Å². The molecular weight excluding hydrogens is 441 g/mol. The molecule has 2 aromatic heterocycles. The summed E-state index contributed by atoms with van der Waals surface area (Å²) in [6.45, 7) is 0. The molecule has 2 heterocycles. The van der Waals surface area contributed by atoms with E-state index in [9.17, 15) is 13.2 Å². The van der Waals surface area contributed by atoms with Crippen LogP contribution in [0.5, 0.6) is 0 Å². The summed E-state index contributed by atoms with van der Waals surface area (Å²) in [6, 6.07) is 27.8. The highest BCUT2D eigenvalue weighted by atomic mass is 32.2. The maximum atomic E-state index is 10.7. The quantitative estimate of drug-likeness (QED) is 0.218. The molecule has 0 aliphatic heterocycles. The Kier molecular flexibility index (Phi) is 5.39. The maximum Gasteiger partial charge on any atom is 0.485 e. The average Bonchev–Trinajstić information content (AvgIpc) is 3.13. The van der Waals surface area contributed by atoms with Crippen molar-refractivity contribution in [3.63, 3.8) is 0 Å². The summed E-state index contributed by atoms with van der Waals surface area (Å²) >= 11 is 0. The van der Waals surface area contributed by atoms with Gasteiger partial charge in [0.1, 0.15) is 12.6 Å². The van der Waals surface area contributed by atoms with Crippen molar-refractivity contribution in [1.29, 1.82) is 0 Å². The van der Waals surface area contributed by atoms with E-state index in [0.29, 0.717) is 0 Å².